The Kier molecular flexibility index (Phi) is 5.02. The number of aryl methyl sites for hydroxylation is 1. The summed E-state index contributed by atoms with van der Waals surface area (Å²) in [5.74, 6) is 0.221. The maximum atomic E-state index is 11.1. The molecule has 7 nitrogen and oxygen atoms in total. The summed E-state index contributed by atoms with van der Waals surface area (Å²) in [4.78, 5) is 22.6. The first kappa shape index (κ1) is 17.5. The number of primary amides is 1. The Balaban J connectivity index is 1.50. The van der Waals surface area contributed by atoms with E-state index in [9.17, 15) is 4.79 Å². The summed E-state index contributed by atoms with van der Waals surface area (Å²) in [6.07, 6.45) is 6.57. The number of aromatic nitrogens is 3. The summed E-state index contributed by atoms with van der Waals surface area (Å²) in [5.41, 5.74) is 8.31. The number of anilines is 2. The number of nitrogens with zero attached hydrogens (tertiary/aromatic N) is 4. The number of nitrogens with one attached hydrogen (secondary N) is 1. The second-order valence-electron chi connectivity index (χ2n) is 7.01. The minimum Gasteiger partial charge on any atom is -0.370 e. The average molecular weight is 364 g/mol. The number of likely N-dealkylation sites (tertiary alicyclic amines) is 1. The first-order chi connectivity index (χ1) is 13.2. The quantitative estimate of drug-likeness (QED) is 0.673. The van der Waals surface area contributed by atoms with Gasteiger partial charge in [0.25, 0.3) is 0 Å². The Bertz CT molecular complexity index is 945. The van der Waals surface area contributed by atoms with Crippen LogP contribution in [0.25, 0.3) is 11.0 Å². The highest BCUT2D eigenvalue weighted by molar-refractivity contribution is 5.77. The lowest BCUT2D eigenvalue weighted by atomic mass is 10.2. The SMILES string of the molecule is NC(=O)CCn1ccc2cnc(Nc3cccc(CN4CCCC4)c3)nc21. The second kappa shape index (κ2) is 7.75. The van der Waals surface area contributed by atoms with Crippen molar-refractivity contribution in [1.82, 2.24) is 19.4 Å². The van der Waals surface area contributed by atoms with Crippen molar-refractivity contribution in [2.24, 2.45) is 5.73 Å². The second-order valence-corrected chi connectivity index (χ2v) is 7.01. The normalized spacial score (nSPS) is 14.7. The lowest BCUT2D eigenvalue weighted by Gasteiger charge is -2.15. The molecule has 1 aliphatic heterocycles. The molecule has 1 fully saturated rings. The van der Waals surface area contributed by atoms with Crippen LogP contribution in [0.1, 0.15) is 24.8 Å². The van der Waals surface area contributed by atoms with Crippen molar-refractivity contribution in [1.29, 1.82) is 0 Å². The number of rotatable bonds is 7. The third-order valence-electron chi connectivity index (χ3n) is 4.89. The fourth-order valence-corrected chi connectivity index (χ4v) is 3.52. The largest absolute Gasteiger partial charge is 0.370 e. The van der Waals surface area contributed by atoms with Crippen molar-refractivity contribution in [3.05, 3.63) is 48.3 Å². The van der Waals surface area contributed by atoms with Gasteiger partial charge in [-0.15, -0.1) is 0 Å². The Labute approximate surface area is 158 Å². The van der Waals surface area contributed by atoms with Crippen LogP contribution in [-0.4, -0.2) is 38.4 Å². The number of carbonyl (C=O) groups is 1. The molecule has 4 rings (SSSR count). The van der Waals surface area contributed by atoms with Gasteiger partial charge in [0, 0.05) is 43.0 Å². The van der Waals surface area contributed by atoms with Gasteiger partial charge in [0.2, 0.25) is 11.9 Å². The third kappa shape index (κ3) is 4.25. The van der Waals surface area contributed by atoms with E-state index in [0.29, 0.717) is 12.5 Å². The summed E-state index contributed by atoms with van der Waals surface area (Å²) >= 11 is 0. The van der Waals surface area contributed by atoms with Crippen molar-refractivity contribution in [3.8, 4) is 0 Å². The van der Waals surface area contributed by atoms with Gasteiger partial charge in [0.1, 0.15) is 5.65 Å². The summed E-state index contributed by atoms with van der Waals surface area (Å²) < 4.78 is 1.93. The molecule has 140 valence electrons. The Morgan fingerprint density at radius 3 is 2.89 bits per heavy atom. The van der Waals surface area contributed by atoms with Crippen molar-refractivity contribution in [2.75, 3.05) is 18.4 Å². The molecule has 3 aromatic rings. The predicted octanol–water partition coefficient (Wildman–Crippen LogP) is 2.65. The number of hydrogen-bond acceptors (Lipinski definition) is 5. The van der Waals surface area contributed by atoms with Crippen LogP contribution in [0, 0.1) is 0 Å². The zero-order valence-corrected chi connectivity index (χ0v) is 15.3. The molecule has 3 heterocycles. The standard InChI is InChI=1S/C20H24N6O/c21-18(27)7-11-26-10-6-16-13-22-20(24-19(16)26)23-17-5-3-4-15(12-17)14-25-8-1-2-9-25/h3-6,10,12-13H,1-2,7-9,11,14H2,(H2,21,27)(H,22,23,24). The van der Waals surface area contributed by atoms with Crippen molar-refractivity contribution >= 4 is 28.6 Å². The van der Waals surface area contributed by atoms with E-state index < -0.39 is 0 Å². The number of benzene rings is 1. The van der Waals surface area contributed by atoms with Crippen molar-refractivity contribution in [2.45, 2.75) is 32.4 Å². The molecule has 1 aliphatic rings. The van der Waals surface area contributed by atoms with Crippen LogP contribution in [0.2, 0.25) is 0 Å². The van der Waals surface area contributed by atoms with E-state index in [4.69, 9.17) is 5.73 Å². The van der Waals surface area contributed by atoms with Gasteiger partial charge in [-0.05, 0) is 49.7 Å². The molecule has 1 amide bonds. The van der Waals surface area contributed by atoms with Crippen LogP contribution in [0.3, 0.4) is 0 Å². The molecule has 0 radical (unpaired) electrons. The number of carbonyl (C=O) groups excluding carboxylic acids is 1. The first-order valence-electron chi connectivity index (χ1n) is 9.36. The fourth-order valence-electron chi connectivity index (χ4n) is 3.52. The van der Waals surface area contributed by atoms with Crippen LogP contribution >= 0.6 is 0 Å². The van der Waals surface area contributed by atoms with Gasteiger partial charge in [0.15, 0.2) is 0 Å². The molecule has 0 unspecified atom stereocenters. The Morgan fingerprint density at radius 1 is 1.22 bits per heavy atom. The first-order valence-corrected chi connectivity index (χ1v) is 9.36. The summed E-state index contributed by atoms with van der Waals surface area (Å²) in [6.45, 7) is 3.85. The molecule has 2 aromatic heterocycles. The zero-order chi connectivity index (χ0) is 18.6. The smallest absolute Gasteiger partial charge is 0.229 e. The molecule has 0 aliphatic carbocycles. The van der Waals surface area contributed by atoms with Crippen molar-refractivity contribution in [3.63, 3.8) is 0 Å². The maximum Gasteiger partial charge on any atom is 0.229 e. The van der Waals surface area contributed by atoms with Crippen LogP contribution in [-0.2, 0) is 17.9 Å². The van der Waals surface area contributed by atoms with Gasteiger partial charge in [-0.3, -0.25) is 9.69 Å². The van der Waals surface area contributed by atoms with Gasteiger partial charge < -0.3 is 15.6 Å². The molecule has 0 atom stereocenters. The van der Waals surface area contributed by atoms with E-state index in [1.807, 2.05) is 22.9 Å². The van der Waals surface area contributed by atoms with E-state index in [0.717, 1.165) is 23.3 Å². The minimum absolute atomic E-state index is 0.287. The molecule has 7 heteroatoms. The van der Waals surface area contributed by atoms with E-state index in [2.05, 4.69) is 38.4 Å². The highest BCUT2D eigenvalue weighted by atomic mass is 16.1. The lowest BCUT2D eigenvalue weighted by Crippen LogP contribution is -2.18. The number of amides is 1. The molecule has 3 N–H and O–H groups in total. The molecule has 0 spiro atoms. The summed E-state index contributed by atoms with van der Waals surface area (Å²) in [6, 6.07) is 10.3. The molecular formula is C20H24N6O. The van der Waals surface area contributed by atoms with Crippen LogP contribution in [0.5, 0.6) is 0 Å². The molecule has 0 saturated carbocycles. The van der Waals surface area contributed by atoms with E-state index in [-0.39, 0.29) is 12.3 Å². The Morgan fingerprint density at radius 2 is 2.07 bits per heavy atom. The van der Waals surface area contributed by atoms with E-state index >= 15 is 0 Å². The van der Waals surface area contributed by atoms with Crippen molar-refractivity contribution < 1.29 is 4.79 Å². The minimum atomic E-state index is -0.320. The lowest BCUT2D eigenvalue weighted by molar-refractivity contribution is -0.118. The summed E-state index contributed by atoms with van der Waals surface area (Å²) in [7, 11) is 0. The van der Waals surface area contributed by atoms with Gasteiger partial charge >= 0.3 is 0 Å². The average Bonchev–Trinajstić information content (AvgIpc) is 3.30. The summed E-state index contributed by atoms with van der Waals surface area (Å²) in [5, 5.41) is 4.24. The molecule has 0 bridgehead atoms. The van der Waals surface area contributed by atoms with Crippen LogP contribution < -0.4 is 11.1 Å². The van der Waals surface area contributed by atoms with Gasteiger partial charge in [-0.2, -0.15) is 4.98 Å². The zero-order valence-electron chi connectivity index (χ0n) is 15.3. The fraction of sp³-hybridized carbons (Fsp3) is 0.350. The maximum absolute atomic E-state index is 11.1. The predicted molar refractivity (Wildman–Crippen MR) is 106 cm³/mol. The topological polar surface area (TPSA) is 89.1 Å². The van der Waals surface area contributed by atoms with Gasteiger partial charge in [-0.1, -0.05) is 12.1 Å². The number of hydrogen-bond donors (Lipinski definition) is 2. The number of nitrogens with two attached hydrogens (primary N) is 1. The highest BCUT2D eigenvalue weighted by Gasteiger charge is 2.12. The van der Waals surface area contributed by atoms with Crippen LogP contribution in [0.15, 0.2) is 42.7 Å². The molecular weight excluding hydrogens is 340 g/mol. The number of fused-ring (bicyclic) bond motifs is 1. The van der Waals surface area contributed by atoms with Gasteiger partial charge in [-0.25, -0.2) is 4.98 Å². The monoisotopic (exact) mass is 364 g/mol. The Hall–Kier alpha value is -2.93. The molecule has 1 saturated heterocycles. The third-order valence-corrected chi connectivity index (χ3v) is 4.89. The van der Waals surface area contributed by atoms with E-state index in [1.165, 1.54) is 31.5 Å². The van der Waals surface area contributed by atoms with E-state index in [1.54, 1.807) is 6.20 Å². The molecule has 27 heavy (non-hydrogen) atoms. The highest BCUT2D eigenvalue weighted by Crippen LogP contribution is 2.20. The van der Waals surface area contributed by atoms with Gasteiger partial charge in [0.05, 0.1) is 0 Å². The van der Waals surface area contributed by atoms with Crippen LogP contribution in [0.4, 0.5) is 11.6 Å². The molecule has 1 aromatic carbocycles.